The number of rotatable bonds is 6. The first-order valence-electron chi connectivity index (χ1n) is 7.47. The average Bonchev–Trinajstić information content (AvgIpc) is 2.57. The van der Waals surface area contributed by atoms with Crippen LogP contribution in [-0.2, 0) is 14.3 Å². The first-order valence-corrected chi connectivity index (χ1v) is 7.47. The van der Waals surface area contributed by atoms with Crippen molar-refractivity contribution in [1.29, 1.82) is 0 Å². The van der Waals surface area contributed by atoms with E-state index in [1.165, 1.54) is 4.90 Å². The van der Waals surface area contributed by atoms with Crippen LogP contribution in [0, 0.1) is 0 Å². The molecule has 0 aromatic carbocycles. The van der Waals surface area contributed by atoms with Gasteiger partial charge in [0.2, 0.25) is 0 Å². The van der Waals surface area contributed by atoms with Gasteiger partial charge < -0.3 is 4.74 Å². The topological polar surface area (TPSA) is 59.5 Å². The third-order valence-electron chi connectivity index (χ3n) is 3.26. The van der Waals surface area contributed by atoms with Crippen LogP contribution in [0.5, 0.6) is 0 Å². The molecule has 0 fully saturated rings. The Morgan fingerprint density at radius 3 is 2.82 bits per heavy atom. The van der Waals surface area contributed by atoms with Crippen LogP contribution in [0.15, 0.2) is 48.2 Å². The number of nitrogens with zero attached hydrogens (tertiary/aromatic N) is 2. The largest absolute Gasteiger partial charge is 0.466 e. The lowest BCUT2D eigenvalue weighted by Gasteiger charge is -2.22. The van der Waals surface area contributed by atoms with Crippen LogP contribution < -0.4 is 4.90 Å². The molecule has 0 aliphatic heterocycles. The van der Waals surface area contributed by atoms with Gasteiger partial charge >= 0.3 is 5.97 Å². The molecule has 1 aromatic rings. The summed E-state index contributed by atoms with van der Waals surface area (Å²) in [6, 6.07) is 5.37. The van der Waals surface area contributed by atoms with Crippen LogP contribution in [0.3, 0.4) is 0 Å². The number of ether oxygens (including phenoxy) is 1. The number of pyridine rings is 1. The van der Waals surface area contributed by atoms with Crippen LogP contribution in [-0.4, -0.2) is 30.0 Å². The Hall–Kier alpha value is -2.43. The van der Waals surface area contributed by atoms with Crippen LogP contribution >= 0.6 is 0 Å². The number of allylic oxidation sites excluding steroid dienone is 2. The van der Waals surface area contributed by atoms with Gasteiger partial charge in [0.05, 0.1) is 13.0 Å². The number of esters is 1. The second-order valence-electron chi connectivity index (χ2n) is 4.84. The van der Waals surface area contributed by atoms with Gasteiger partial charge in [-0.05, 0) is 31.9 Å². The standard InChI is InChI=1S/C17H20N2O3/c1-2-22-16(20)11-13-19(15-10-6-7-12-18-15)17(21)14-8-4-3-5-9-14/h4,6-10,12H,2-3,5,11,13H2,1H3. The van der Waals surface area contributed by atoms with E-state index in [0.717, 1.165) is 12.8 Å². The Morgan fingerprint density at radius 2 is 2.18 bits per heavy atom. The van der Waals surface area contributed by atoms with Crippen LogP contribution in [0.25, 0.3) is 0 Å². The molecule has 0 spiro atoms. The predicted molar refractivity (Wildman–Crippen MR) is 84.3 cm³/mol. The normalized spacial score (nSPS) is 13.4. The molecule has 0 saturated carbocycles. The maximum atomic E-state index is 12.7. The van der Waals surface area contributed by atoms with Crippen molar-refractivity contribution >= 4 is 17.7 Å². The number of hydrogen-bond acceptors (Lipinski definition) is 4. The summed E-state index contributed by atoms with van der Waals surface area (Å²) >= 11 is 0. The fraction of sp³-hybridized carbons (Fsp3) is 0.353. The lowest BCUT2D eigenvalue weighted by Crippen LogP contribution is -2.35. The van der Waals surface area contributed by atoms with Gasteiger partial charge in [-0.2, -0.15) is 0 Å². The van der Waals surface area contributed by atoms with Crippen molar-refractivity contribution in [2.75, 3.05) is 18.1 Å². The van der Waals surface area contributed by atoms with E-state index in [1.807, 2.05) is 24.3 Å². The molecule has 116 valence electrons. The molecular formula is C17H20N2O3. The van der Waals surface area contributed by atoms with Gasteiger partial charge in [-0.25, -0.2) is 4.98 Å². The van der Waals surface area contributed by atoms with Crippen molar-refractivity contribution in [3.8, 4) is 0 Å². The van der Waals surface area contributed by atoms with E-state index in [2.05, 4.69) is 4.98 Å². The van der Waals surface area contributed by atoms with Crippen molar-refractivity contribution < 1.29 is 14.3 Å². The highest BCUT2D eigenvalue weighted by molar-refractivity contribution is 6.07. The van der Waals surface area contributed by atoms with Crippen molar-refractivity contribution in [3.05, 3.63) is 48.2 Å². The summed E-state index contributed by atoms with van der Waals surface area (Å²) in [5.74, 6) is 0.0833. The number of carbonyl (C=O) groups is 2. The van der Waals surface area contributed by atoms with Gasteiger partial charge in [0.15, 0.2) is 0 Å². The van der Waals surface area contributed by atoms with Gasteiger partial charge in [-0.3, -0.25) is 14.5 Å². The lowest BCUT2D eigenvalue weighted by atomic mass is 10.1. The average molecular weight is 300 g/mol. The maximum absolute atomic E-state index is 12.7. The van der Waals surface area contributed by atoms with E-state index >= 15 is 0 Å². The zero-order valence-electron chi connectivity index (χ0n) is 12.7. The molecule has 1 amide bonds. The fourth-order valence-corrected chi connectivity index (χ4v) is 2.20. The molecule has 0 saturated heterocycles. The number of amides is 1. The minimum absolute atomic E-state index is 0.140. The molecule has 0 N–H and O–H groups in total. The summed E-state index contributed by atoms with van der Waals surface area (Å²) in [7, 11) is 0. The van der Waals surface area contributed by atoms with Gasteiger partial charge in [-0.1, -0.05) is 24.3 Å². The summed E-state index contributed by atoms with van der Waals surface area (Å²) < 4.78 is 4.93. The summed E-state index contributed by atoms with van der Waals surface area (Å²) in [5.41, 5.74) is 0.640. The van der Waals surface area contributed by atoms with Gasteiger partial charge in [-0.15, -0.1) is 0 Å². The Morgan fingerprint density at radius 1 is 1.32 bits per heavy atom. The van der Waals surface area contributed by atoms with E-state index in [1.54, 1.807) is 25.3 Å². The number of carbonyl (C=O) groups excluding carboxylic acids is 2. The summed E-state index contributed by atoms with van der Waals surface area (Å²) in [4.78, 5) is 30.0. The predicted octanol–water partition coefficient (Wildman–Crippen LogP) is 2.64. The van der Waals surface area contributed by atoms with Gasteiger partial charge in [0.1, 0.15) is 5.82 Å². The highest BCUT2D eigenvalue weighted by Crippen LogP contribution is 2.18. The van der Waals surface area contributed by atoms with Crippen molar-refractivity contribution in [2.24, 2.45) is 0 Å². The Bertz CT molecular complexity index is 579. The molecule has 0 atom stereocenters. The molecule has 1 aliphatic carbocycles. The minimum atomic E-state index is -0.315. The van der Waals surface area contributed by atoms with Crippen LogP contribution in [0.4, 0.5) is 5.82 Å². The summed E-state index contributed by atoms with van der Waals surface area (Å²) in [5, 5.41) is 0. The molecule has 0 radical (unpaired) electrons. The van der Waals surface area contributed by atoms with Crippen LogP contribution in [0.2, 0.25) is 0 Å². The molecule has 1 aromatic heterocycles. The molecular weight excluding hydrogens is 280 g/mol. The third kappa shape index (κ3) is 4.28. The maximum Gasteiger partial charge on any atom is 0.307 e. The van der Waals surface area contributed by atoms with E-state index in [9.17, 15) is 9.59 Å². The zero-order valence-corrected chi connectivity index (χ0v) is 12.7. The van der Waals surface area contributed by atoms with E-state index in [4.69, 9.17) is 4.74 Å². The number of aromatic nitrogens is 1. The third-order valence-corrected chi connectivity index (χ3v) is 3.26. The fourth-order valence-electron chi connectivity index (χ4n) is 2.20. The summed E-state index contributed by atoms with van der Waals surface area (Å²) in [6.07, 6.45) is 9.30. The molecule has 22 heavy (non-hydrogen) atoms. The molecule has 1 heterocycles. The smallest absolute Gasteiger partial charge is 0.307 e. The second kappa shape index (κ2) is 8.12. The Balaban J connectivity index is 2.14. The highest BCUT2D eigenvalue weighted by Gasteiger charge is 2.21. The molecule has 1 aliphatic rings. The van der Waals surface area contributed by atoms with Crippen molar-refractivity contribution in [3.63, 3.8) is 0 Å². The quantitative estimate of drug-likeness (QED) is 0.758. The monoisotopic (exact) mass is 300 g/mol. The first kappa shape index (κ1) is 15.9. The van der Waals surface area contributed by atoms with E-state index in [0.29, 0.717) is 18.0 Å². The SMILES string of the molecule is CCOC(=O)CCN(C(=O)C1=CCCC=C1)c1ccccn1. The zero-order chi connectivity index (χ0) is 15.8. The first-order chi connectivity index (χ1) is 10.7. The Labute approximate surface area is 130 Å². The lowest BCUT2D eigenvalue weighted by molar-refractivity contribution is -0.142. The highest BCUT2D eigenvalue weighted by atomic mass is 16.5. The molecule has 0 bridgehead atoms. The number of hydrogen-bond donors (Lipinski definition) is 0. The van der Waals surface area contributed by atoms with Crippen LogP contribution in [0.1, 0.15) is 26.2 Å². The minimum Gasteiger partial charge on any atom is -0.466 e. The van der Waals surface area contributed by atoms with Gasteiger partial charge in [0.25, 0.3) is 5.91 Å². The summed E-state index contributed by atoms with van der Waals surface area (Å²) in [6.45, 7) is 2.35. The molecule has 5 heteroatoms. The van der Waals surface area contributed by atoms with Crippen molar-refractivity contribution in [2.45, 2.75) is 26.2 Å². The molecule has 5 nitrogen and oxygen atoms in total. The molecule has 2 rings (SSSR count). The van der Waals surface area contributed by atoms with E-state index in [-0.39, 0.29) is 24.8 Å². The number of anilines is 1. The Kier molecular flexibility index (Phi) is 5.89. The van der Waals surface area contributed by atoms with Gasteiger partial charge in [0, 0.05) is 18.3 Å². The van der Waals surface area contributed by atoms with E-state index < -0.39 is 0 Å². The second-order valence-corrected chi connectivity index (χ2v) is 4.84. The van der Waals surface area contributed by atoms with Crippen molar-refractivity contribution in [1.82, 2.24) is 4.98 Å². The molecule has 0 unspecified atom stereocenters.